The molecule has 9 heavy (non-hydrogen) atoms. The van der Waals surface area contributed by atoms with Crippen LogP contribution in [0.4, 0.5) is 0 Å². The first kappa shape index (κ1) is 6.15. The van der Waals surface area contributed by atoms with Crippen LogP contribution in [0.25, 0.3) is 0 Å². The summed E-state index contributed by atoms with van der Waals surface area (Å²) in [5.74, 6) is 0. The zero-order chi connectivity index (χ0) is 6.69. The van der Waals surface area contributed by atoms with Gasteiger partial charge < -0.3 is 4.90 Å². The van der Waals surface area contributed by atoms with E-state index in [0.29, 0.717) is 0 Å². The van der Waals surface area contributed by atoms with Gasteiger partial charge in [0, 0.05) is 6.54 Å². The molecule has 0 aliphatic carbocycles. The van der Waals surface area contributed by atoms with Crippen LogP contribution in [0.3, 0.4) is 0 Å². The molecule has 0 spiro atoms. The van der Waals surface area contributed by atoms with Crippen LogP contribution in [-0.4, -0.2) is 17.5 Å². The number of nitrogens with zero attached hydrogens (tertiary/aromatic N) is 2. The zero-order valence-corrected chi connectivity index (χ0v) is 5.38. The summed E-state index contributed by atoms with van der Waals surface area (Å²) < 4.78 is 0. The van der Waals surface area contributed by atoms with Crippen molar-refractivity contribution >= 4 is 0 Å². The second kappa shape index (κ2) is 2.54. The van der Waals surface area contributed by atoms with Crippen LogP contribution in [0.2, 0.25) is 0 Å². The Bertz CT molecular complexity index is 145. The van der Waals surface area contributed by atoms with Gasteiger partial charge in [0.1, 0.15) is 6.04 Å². The minimum Gasteiger partial charge on any atom is -0.362 e. The molecule has 0 N–H and O–H groups in total. The number of rotatable bonds is 1. The SMILES string of the molecule is C=CN1CCCC1C#N. The summed E-state index contributed by atoms with van der Waals surface area (Å²) >= 11 is 0. The molecular formula is C7H10N2. The van der Waals surface area contributed by atoms with Gasteiger partial charge in [-0.25, -0.2) is 0 Å². The van der Waals surface area contributed by atoms with Crippen molar-refractivity contribution in [1.82, 2.24) is 4.90 Å². The Balaban J connectivity index is 2.53. The van der Waals surface area contributed by atoms with E-state index in [1.807, 2.05) is 4.90 Å². The zero-order valence-electron chi connectivity index (χ0n) is 5.38. The van der Waals surface area contributed by atoms with Crippen LogP contribution in [0.1, 0.15) is 12.8 Å². The molecular weight excluding hydrogens is 112 g/mol. The molecule has 1 aliphatic heterocycles. The van der Waals surface area contributed by atoms with Gasteiger partial charge in [-0.2, -0.15) is 5.26 Å². The van der Waals surface area contributed by atoms with E-state index in [4.69, 9.17) is 5.26 Å². The third-order valence-electron chi connectivity index (χ3n) is 1.68. The van der Waals surface area contributed by atoms with E-state index in [1.54, 1.807) is 6.20 Å². The fourth-order valence-electron chi connectivity index (χ4n) is 1.15. The molecule has 1 aliphatic rings. The minimum atomic E-state index is 0.0995. The number of nitriles is 1. The summed E-state index contributed by atoms with van der Waals surface area (Å²) in [7, 11) is 0. The van der Waals surface area contributed by atoms with Crippen molar-refractivity contribution in [3.05, 3.63) is 12.8 Å². The first-order valence-electron chi connectivity index (χ1n) is 3.16. The van der Waals surface area contributed by atoms with E-state index in [9.17, 15) is 0 Å². The van der Waals surface area contributed by atoms with Crippen molar-refractivity contribution in [2.24, 2.45) is 0 Å². The van der Waals surface area contributed by atoms with Crippen molar-refractivity contribution in [2.75, 3.05) is 6.54 Å². The topological polar surface area (TPSA) is 27.0 Å². The Labute approximate surface area is 55.4 Å². The molecule has 1 atom stereocenters. The number of hydrogen-bond donors (Lipinski definition) is 0. The number of likely N-dealkylation sites (tertiary alicyclic amines) is 1. The van der Waals surface area contributed by atoms with Crippen molar-refractivity contribution in [2.45, 2.75) is 18.9 Å². The maximum absolute atomic E-state index is 8.53. The first-order chi connectivity index (χ1) is 4.38. The Morgan fingerprint density at radius 2 is 2.56 bits per heavy atom. The van der Waals surface area contributed by atoms with Crippen LogP contribution in [0.15, 0.2) is 12.8 Å². The highest BCUT2D eigenvalue weighted by Crippen LogP contribution is 2.15. The molecule has 0 amide bonds. The number of hydrogen-bond acceptors (Lipinski definition) is 2. The van der Waals surface area contributed by atoms with E-state index in [0.717, 1.165) is 19.4 Å². The van der Waals surface area contributed by atoms with Gasteiger partial charge in [0.05, 0.1) is 6.07 Å². The van der Waals surface area contributed by atoms with Gasteiger partial charge in [-0.1, -0.05) is 6.58 Å². The van der Waals surface area contributed by atoms with E-state index in [-0.39, 0.29) is 6.04 Å². The van der Waals surface area contributed by atoms with Crippen molar-refractivity contribution in [3.8, 4) is 6.07 Å². The molecule has 1 fully saturated rings. The van der Waals surface area contributed by atoms with Crippen LogP contribution < -0.4 is 0 Å². The van der Waals surface area contributed by atoms with E-state index in [2.05, 4.69) is 12.6 Å². The Hall–Kier alpha value is -0.970. The Morgan fingerprint density at radius 3 is 3.00 bits per heavy atom. The highest BCUT2D eigenvalue weighted by atomic mass is 15.2. The predicted molar refractivity (Wildman–Crippen MR) is 35.5 cm³/mol. The lowest BCUT2D eigenvalue weighted by Gasteiger charge is -2.14. The maximum atomic E-state index is 8.53. The van der Waals surface area contributed by atoms with Crippen molar-refractivity contribution in [1.29, 1.82) is 5.26 Å². The third kappa shape index (κ3) is 1.05. The molecule has 1 rings (SSSR count). The largest absolute Gasteiger partial charge is 0.362 e. The van der Waals surface area contributed by atoms with Crippen molar-refractivity contribution < 1.29 is 0 Å². The van der Waals surface area contributed by atoms with Crippen molar-refractivity contribution in [3.63, 3.8) is 0 Å². The van der Waals surface area contributed by atoms with Crippen LogP contribution in [-0.2, 0) is 0 Å². The van der Waals surface area contributed by atoms with E-state index in [1.165, 1.54) is 0 Å². The van der Waals surface area contributed by atoms with Crippen LogP contribution in [0.5, 0.6) is 0 Å². The fraction of sp³-hybridized carbons (Fsp3) is 0.571. The summed E-state index contributed by atoms with van der Waals surface area (Å²) in [6.07, 6.45) is 3.88. The Kier molecular flexibility index (Phi) is 1.74. The van der Waals surface area contributed by atoms with Gasteiger partial charge in [-0.3, -0.25) is 0 Å². The quantitative estimate of drug-likeness (QED) is 0.521. The van der Waals surface area contributed by atoms with Gasteiger partial charge in [-0.05, 0) is 19.0 Å². The van der Waals surface area contributed by atoms with Gasteiger partial charge in [0.2, 0.25) is 0 Å². The molecule has 0 aromatic heterocycles. The lowest BCUT2D eigenvalue weighted by molar-refractivity contribution is 0.409. The second-order valence-electron chi connectivity index (χ2n) is 2.21. The summed E-state index contributed by atoms with van der Waals surface area (Å²) in [6.45, 7) is 4.62. The maximum Gasteiger partial charge on any atom is 0.116 e. The lowest BCUT2D eigenvalue weighted by atomic mass is 10.2. The molecule has 1 saturated heterocycles. The summed E-state index contributed by atoms with van der Waals surface area (Å²) in [6, 6.07) is 2.32. The van der Waals surface area contributed by atoms with Gasteiger partial charge in [-0.15, -0.1) is 0 Å². The molecule has 0 radical (unpaired) electrons. The first-order valence-corrected chi connectivity index (χ1v) is 3.16. The summed E-state index contributed by atoms with van der Waals surface area (Å²) in [5, 5.41) is 8.53. The lowest BCUT2D eigenvalue weighted by Crippen LogP contribution is -2.21. The molecule has 2 heteroatoms. The summed E-state index contributed by atoms with van der Waals surface area (Å²) in [5.41, 5.74) is 0. The standard InChI is InChI=1S/C7H10N2/c1-2-9-5-3-4-7(9)6-8/h2,7H,1,3-5H2. The molecule has 1 unspecified atom stereocenters. The predicted octanol–water partition coefficient (Wildman–Crippen LogP) is 1.12. The average molecular weight is 122 g/mol. The molecule has 0 bridgehead atoms. The van der Waals surface area contributed by atoms with Gasteiger partial charge in [0.25, 0.3) is 0 Å². The normalized spacial score (nSPS) is 25.7. The molecule has 0 aromatic rings. The third-order valence-corrected chi connectivity index (χ3v) is 1.68. The molecule has 0 aromatic carbocycles. The molecule has 48 valence electrons. The van der Waals surface area contributed by atoms with Gasteiger partial charge in [0.15, 0.2) is 0 Å². The molecule has 1 heterocycles. The van der Waals surface area contributed by atoms with Crippen LogP contribution in [0, 0.1) is 11.3 Å². The Morgan fingerprint density at radius 1 is 1.78 bits per heavy atom. The summed E-state index contributed by atoms with van der Waals surface area (Å²) in [4.78, 5) is 1.99. The monoisotopic (exact) mass is 122 g/mol. The highest BCUT2D eigenvalue weighted by molar-refractivity contribution is 4.98. The van der Waals surface area contributed by atoms with E-state index >= 15 is 0 Å². The second-order valence-corrected chi connectivity index (χ2v) is 2.21. The average Bonchev–Trinajstić information content (AvgIpc) is 2.33. The van der Waals surface area contributed by atoms with E-state index < -0.39 is 0 Å². The van der Waals surface area contributed by atoms with Gasteiger partial charge >= 0.3 is 0 Å². The fourth-order valence-corrected chi connectivity index (χ4v) is 1.15. The molecule has 0 saturated carbocycles. The highest BCUT2D eigenvalue weighted by Gasteiger charge is 2.19. The van der Waals surface area contributed by atoms with Crippen LogP contribution >= 0.6 is 0 Å². The smallest absolute Gasteiger partial charge is 0.116 e. The minimum absolute atomic E-state index is 0.0995. The molecule has 2 nitrogen and oxygen atoms in total.